The van der Waals surface area contributed by atoms with E-state index in [4.69, 9.17) is 19.9 Å². The van der Waals surface area contributed by atoms with Gasteiger partial charge in [-0.05, 0) is 90.8 Å². The molecule has 4 aliphatic rings. The van der Waals surface area contributed by atoms with E-state index in [2.05, 4.69) is 69.0 Å². The van der Waals surface area contributed by atoms with E-state index in [-0.39, 0.29) is 11.5 Å². The summed E-state index contributed by atoms with van der Waals surface area (Å²) >= 11 is 0. The van der Waals surface area contributed by atoms with Gasteiger partial charge in [-0.15, -0.1) is 0 Å². The first kappa shape index (κ1) is 40.1. The molecule has 0 spiro atoms. The zero-order valence-electron chi connectivity index (χ0n) is 33.8. The molecule has 10 rings (SSSR count). The van der Waals surface area contributed by atoms with Gasteiger partial charge in [0.2, 0.25) is 0 Å². The second-order valence-corrected chi connectivity index (χ2v) is 15.8. The van der Waals surface area contributed by atoms with Crippen LogP contribution in [0.5, 0.6) is 0 Å². The van der Waals surface area contributed by atoms with Crippen molar-refractivity contribution in [2.45, 2.75) is 89.4 Å². The number of fused-ring (bicyclic) bond motifs is 4. The number of carboxylic acids is 1. The maximum Gasteiger partial charge on any atom is 0.358 e. The number of anilines is 2. The third kappa shape index (κ3) is 8.70. The fourth-order valence-corrected chi connectivity index (χ4v) is 8.89. The van der Waals surface area contributed by atoms with Crippen molar-refractivity contribution in [1.29, 1.82) is 0 Å². The van der Waals surface area contributed by atoms with Crippen molar-refractivity contribution >= 4 is 45.5 Å². The first-order chi connectivity index (χ1) is 28.8. The van der Waals surface area contributed by atoms with Gasteiger partial charge < -0.3 is 49.5 Å². The largest absolute Gasteiger partial charge is 0.476 e. The maximum atomic E-state index is 12.9. The molecular formula is C41H53N13O5. The van der Waals surface area contributed by atoms with Crippen LogP contribution < -0.4 is 15.5 Å². The minimum Gasteiger partial charge on any atom is -0.476 e. The first-order valence-corrected chi connectivity index (χ1v) is 20.7. The minimum absolute atomic E-state index is 0.0194. The van der Waals surface area contributed by atoms with Gasteiger partial charge in [-0.1, -0.05) is 10.3 Å². The monoisotopic (exact) mass is 807 g/mol. The number of carboxylic acid groups (broad SMARTS) is 1. The second-order valence-electron chi connectivity index (χ2n) is 15.8. The molecule has 0 radical (unpaired) electrons. The molecule has 6 aromatic rings. The number of carbonyl (C=O) groups is 2. The number of nitrogens with zero attached hydrogens (tertiary/aromatic N) is 10. The van der Waals surface area contributed by atoms with Crippen molar-refractivity contribution in [3.63, 3.8) is 0 Å². The number of ketones is 1. The molecule has 0 saturated carbocycles. The van der Waals surface area contributed by atoms with E-state index in [0.29, 0.717) is 55.5 Å². The number of aromatic nitrogens is 8. The summed E-state index contributed by atoms with van der Waals surface area (Å²) in [5.41, 5.74) is 9.05. The Morgan fingerprint density at radius 1 is 0.763 bits per heavy atom. The Kier molecular flexibility index (Phi) is 12.3. The third-order valence-electron chi connectivity index (χ3n) is 12.2. The second kappa shape index (κ2) is 18.0. The number of rotatable bonds is 10. The van der Waals surface area contributed by atoms with E-state index in [0.717, 1.165) is 83.4 Å². The number of carbonyl (C=O) groups excluding carboxylic acids is 1. The smallest absolute Gasteiger partial charge is 0.358 e. The topological polar surface area (TPSA) is 229 Å². The fourth-order valence-electron chi connectivity index (χ4n) is 8.89. The zero-order chi connectivity index (χ0) is 40.9. The number of hydrogen-bond donors (Lipinski definition) is 4. The molecule has 0 amide bonds. The summed E-state index contributed by atoms with van der Waals surface area (Å²) in [6.45, 7) is 5.75. The average Bonchev–Trinajstić information content (AvgIpc) is 4.11. The summed E-state index contributed by atoms with van der Waals surface area (Å²) in [7, 11) is 4.37. The lowest BCUT2D eigenvalue weighted by molar-refractivity contribution is 0.0684. The Labute approximate surface area is 341 Å². The fraction of sp³-hybridized carbons (Fsp3) is 0.512. The number of nitrogens with one attached hydrogen (secondary N) is 2. The molecule has 18 nitrogen and oxygen atoms in total. The molecular weight excluding hydrogens is 755 g/mol. The Bertz CT molecular complexity index is 2370. The normalized spacial score (nSPS) is 19.3. The standard InChI is InChI=1S/C21H26N6O2.C13H11N5O3.C7H16N2/c1-26-10-3-5-14(26)4-2-6-17(28)19-16-12-27(11-8-18(16)29-25-19)21-15-7-9-22-20(15)23-13-24-21;19-13(20)10-8-5-18(4-2-9(8)21-17-10)12-7-1-3-14-11(7)15-6-16-12;1-9-6-2-3-7(9)4-5-8/h7,9,13-14H,2-6,8,10-12H2,1H3,(H,22,23,24);1,3,6H,2,4-5H2,(H,19,20)(H,14,15,16);7H,2-6,8H2,1H3. The molecule has 2 unspecified atom stereocenters. The van der Waals surface area contributed by atoms with Crippen LogP contribution in [-0.2, 0) is 25.9 Å². The quantitative estimate of drug-likeness (QED) is 0.139. The lowest BCUT2D eigenvalue weighted by atomic mass is 10.00. The van der Waals surface area contributed by atoms with Gasteiger partial charge in [0.05, 0.1) is 23.9 Å². The van der Waals surface area contributed by atoms with E-state index >= 15 is 0 Å². The summed E-state index contributed by atoms with van der Waals surface area (Å²) in [6, 6.07) is 5.30. The van der Waals surface area contributed by atoms with Crippen LogP contribution in [0.3, 0.4) is 0 Å². The van der Waals surface area contributed by atoms with E-state index in [9.17, 15) is 9.59 Å². The Morgan fingerprint density at radius 3 is 1.80 bits per heavy atom. The first-order valence-electron chi connectivity index (χ1n) is 20.7. The Morgan fingerprint density at radius 2 is 1.29 bits per heavy atom. The van der Waals surface area contributed by atoms with Crippen LogP contribution in [0.2, 0.25) is 0 Å². The van der Waals surface area contributed by atoms with Crippen LogP contribution in [0, 0.1) is 0 Å². The number of aromatic amines is 2. The van der Waals surface area contributed by atoms with Gasteiger partial charge in [-0.3, -0.25) is 4.79 Å². The van der Waals surface area contributed by atoms with E-state index < -0.39 is 5.97 Å². The number of hydrogen-bond acceptors (Lipinski definition) is 15. The van der Waals surface area contributed by atoms with E-state index in [1.54, 1.807) is 12.5 Å². The van der Waals surface area contributed by atoms with Crippen molar-refractivity contribution in [3.8, 4) is 0 Å². The summed E-state index contributed by atoms with van der Waals surface area (Å²) in [5.74, 6) is 2.15. The summed E-state index contributed by atoms with van der Waals surface area (Å²) in [5, 5.41) is 18.8. The highest BCUT2D eigenvalue weighted by molar-refractivity contribution is 5.96. The highest BCUT2D eigenvalue weighted by Crippen LogP contribution is 2.32. The van der Waals surface area contributed by atoms with Gasteiger partial charge in [0.1, 0.15) is 47.1 Å². The number of nitrogens with two attached hydrogens (primary N) is 1. The van der Waals surface area contributed by atoms with Gasteiger partial charge in [0.15, 0.2) is 17.2 Å². The molecule has 6 aromatic heterocycles. The molecule has 5 N–H and O–H groups in total. The summed E-state index contributed by atoms with van der Waals surface area (Å²) in [4.78, 5) is 56.5. The van der Waals surface area contributed by atoms with Crippen molar-refractivity contribution in [3.05, 3.63) is 71.2 Å². The number of aromatic carboxylic acids is 1. The Balaban J connectivity index is 0.000000140. The number of likely N-dealkylation sites (tertiary alicyclic amines) is 2. The Hall–Kier alpha value is -5.72. The zero-order valence-corrected chi connectivity index (χ0v) is 33.8. The van der Waals surface area contributed by atoms with Gasteiger partial charge in [-0.25, -0.2) is 24.7 Å². The predicted octanol–water partition coefficient (Wildman–Crippen LogP) is 4.59. The molecule has 10 heterocycles. The summed E-state index contributed by atoms with van der Waals surface area (Å²) < 4.78 is 10.6. The number of H-pyrrole nitrogens is 2. The molecule has 312 valence electrons. The highest BCUT2D eigenvalue weighted by Gasteiger charge is 2.31. The highest BCUT2D eigenvalue weighted by atomic mass is 16.5. The molecule has 2 atom stereocenters. The molecule has 0 bridgehead atoms. The van der Waals surface area contributed by atoms with Crippen molar-refractivity contribution in [2.75, 3.05) is 56.6 Å². The van der Waals surface area contributed by atoms with Gasteiger partial charge >= 0.3 is 5.97 Å². The minimum atomic E-state index is -1.07. The van der Waals surface area contributed by atoms with Crippen LogP contribution in [0.25, 0.3) is 22.1 Å². The molecule has 0 aliphatic carbocycles. The van der Waals surface area contributed by atoms with Crippen LogP contribution >= 0.6 is 0 Å². The SMILES string of the molecule is CN1CCCC1CCCC(=O)c1noc2c1CN(c1ncnc3[nH]ccc13)CC2.CN1CCCC1CCN.O=C(O)c1noc2c1CN(c1ncnc3[nH]ccc13)CC2. The van der Waals surface area contributed by atoms with Crippen molar-refractivity contribution in [1.82, 2.24) is 50.0 Å². The lowest BCUT2D eigenvalue weighted by Gasteiger charge is -2.27. The van der Waals surface area contributed by atoms with Gasteiger partial charge in [0, 0.05) is 68.0 Å². The maximum absolute atomic E-state index is 12.9. The molecule has 59 heavy (non-hydrogen) atoms. The molecule has 2 fully saturated rings. The van der Waals surface area contributed by atoms with E-state index in [1.807, 2.05) is 23.2 Å². The van der Waals surface area contributed by atoms with E-state index in [1.165, 1.54) is 51.5 Å². The van der Waals surface area contributed by atoms with Crippen LogP contribution in [0.4, 0.5) is 11.6 Å². The third-order valence-corrected chi connectivity index (χ3v) is 12.2. The van der Waals surface area contributed by atoms with Gasteiger partial charge in [-0.2, -0.15) is 0 Å². The average molecular weight is 808 g/mol. The lowest BCUT2D eigenvalue weighted by Crippen LogP contribution is -2.31. The van der Waals surface area contributed by atoms with Crippen LogP contribution in [0.1, 0.15) is 95.0 Å². The van der Waals surface area contributed by atoms with Gasteiger partial charge in [0.25, 0.3) is 0 Å². The molecule has 2 saturated heterocycles. The van der Waals surface area contributed by atoms with Crippen molar-refractivity contribution < 1.29 is 23.7 Å². The number of Topliss-reactive ketones (excluding diaryl/α,β-unsaturated/α-hetero) is 1. The predicted molar refractivity (Wildman–Crippen MR) is 220 cm³/mol. The van der Waals surface area contributed by atoms with Crippen LogP contribution in [-0.4, -0.2) is 126 Å². The molecule has 18 heteroatoms. The molecule has 4 aliphatic heterocycles. The summed E-state index contributed by atoms with van der Waals surface area (Å²) in [6.07, 6.45) is 17.0. The van der Waals surface area contributed by atoms with Crippen molar-refractivity contribution in [2.24, 2.45) is 5.73 Å². The van der Waals surface area contributed by atoms with Crippen LogP contribution in [0.15, 0.2) is 46.2 Å². The molecule has 0 aromatic carbocycles.